The Morgan fingerprint density at radius 3 is 2.90 bits per heavy atom. The number of fused-ring (bicyclic) bond motifs is 4. The van der Waals surface area contributed by atoms with Gasteiger partial charge in [0.2, 0.25) is 0 Å². The Hall–Kier alpha value is -2.71. The van der Waals surface area contributed by atoms with E-state index in [-0.39, 0.29) is 5.82 Å². The molecule has 29 heavy (non-hydrogen) atoms. The molecule has 0 unspecified atom stereocenters. The van der Waals surface area contributed by atoms with Crippen LogP contribution in [0.15, 0.2) is 36.7 Å². The molecule has 0 amide bonds. The van der Waals surface area contributed by atoms with Gasteiger partial charge in [-0.2, -0.15) is 5.10 Å². The summed E-state index contributed by atoms with van der Waals surface area (Å²) in [7, 11) is 0. The lowest BCUT2D eigenvalue weighted by molar-refractivity contribution is 0.139. The van der Waals surface area contributed by atoms with Crippen LogP contribution in [0.2, 0.25) is 0 Å². The van der Waals surface area contributed by atoms with Gasteiger partial charge in [-0.1, -0.05) is 0 Å². The molecule has 2 aliphatic heterocycles. The Kier molecular flexibility index (Phi) is 5.03. The minimum absolute atomic E-state index is 0.326. The summed E-state index contributed by atoms with van der Waals surface area (Å²) in [6.07, 6.45) is 5.86. The highest BCUT2D eigenvalue weighted by Gasteiger charge is 2.21. The van der Waals surface area contributed by atoms with E-state index in [1.807, 2.05) is 18.3 Å². The van der Waals surface area contributed by atoms with Crippen LogP contribution in [-0.4, -0.2) is 64.9 Å². The highest BCUT2D eigenvalue weighted by molar-refractivity contribution is 5.78. The lowest BCUT2D eigenvalue weighted by Crippen LogP contribution is -2.46. The molecule has 3 aromatic rings. The first kappa shape index (κ1) is 18.3. The highest BCUT2D eigenvalue weighted by atomic mass is 19.1. The van der Waals surface area contributed by atoms with Crippen LogP contribution >= 0.6 is 0 Å². The van der Waals surface area contributed by atoms with Crippen molar-refractivity contribution in [1.29, 1.82) is 0 Å². The fourth-order valence-electron chi connectivity index (χ4n) is 4.23. The number of aromatic nitrogens is 3. The standard InChI is InChI=1S/C21H25FN6O/c22-16-11-15-12-18(13-16)29-10-9-27(17-1-4-23-5-2-17)8-6-24-20-3-7-28-21(26-20)19(15)14-25-28/h3,7,11-14,17,23H,1-2,4-6,8-10H2,(H,24,26). The number of piperidine rings is 1. The van der Waals surface area contributed by atoms with Crippen LogP contribution in [0.4, 0.5) is 10.2 Å². The summed E-state index contributed by atoms with van der Waals surface area (Å²) < 4.78 is 22.0. The van der Waals surface area contributed by atoms with Crippen molar-refractivity contribution in [3.63, 3.8) is 0 Å². The van der Waals surface area contributed by atoms with E-state index in [1.54, 1.807) is 10.7 Å². The molecule has 7 nitrogen and oxygen atoms in total. The van der Waals surface area contributed by atoms with E-state index in [1.165, 1.54) is 12.1 Å². The minimum atomic E-state index is -0.326. The van der Waals surface area contributed by atoms with Crippen molar-refractivity contribution >= 4 is 11.5 Å². The summed E-state index contributed by atoms with van der Waals surface area (Å²) in [5.41, 5.74) is 2.19. The predicted octanol–water partition coefficient (Wildman–Crippen LogP) is 2.39. The average Bonchev–Trinajstić information content (AvgIpc) is 3.16. The molecule has 8 heteroatoms. The van der Waals surface area contributed by atoms with E-state index in [0.717, 1.165) is 56.9 Å². The molecule has 152 valence electrons. The molecular weight excluding hydrogens is 371 g/mol. The third-order valence-corrected chi connectivity index (χ3v) is 5.73. The first-order valence-electron chi connectivity index (χ1n) is 10.2. The number of ether oxygens (including phenoxy) is 1. The number of anilines is 1. The molecule has 0 saturated carbocycles. The summed E-state index contributed by atoms with van der Waals surface area (Å²) in [6.45, 7) is 5.14. The lowest BCUT2D eigenvalue weighted by Gasteiger charge is -2.34. The lowest BCUT2D eigenvalue weighted by atomic mass is 10.0. The molecule has 2 N–H and O–H groups in total. The molecular formula is C21H25FN6O. The molecule has 1 saturated heterocycles. The number of nitrogens with one attached hydrogen (secondary N) is 2. The maximum atomic E-state index is 14.3. The Bertz CT molecular complexity index is 1000. The molecule has 2 aromatic heterocycles. The second-order valence-electron chi connectivity index (χ2n) is 7.61. The van der Waals surface area contributed by atoms with E-state index in [2.05, 4.69) is 20.6 Å². The molecule has 0 atom stereocenters. The van der Waals surface area contributed by atoms with Crippen LogP contribution in [0.3, 0.4) is 0 Å². The Morgan fingerprint density at radius 1 is 1.10 bits per heavy atom. The monoisotopic (exact) mass is 396 g/mol. The van der Waals surface area contributed by atoms with E-state index >= 15 is 0 Å². The van der Waals surface area contributed by atoms with Crippen molar-refractivity contribution in [3.05, 3.63) is 42.5 Å². The molecule has 5 rings (SSSR count). The van der Waals surface area contributed by atoms with Gasteiger partial charge in [0.1, 0.15) is 24.0 Å². The van der Waals surface area contributed by atoms with Gasteiger partial charge in [0.05, 0.1) is 6.20 Å². The fraction of sp³-hybridized carbons (Fsp3) is 0.429. The second kappa shape index (κ2) is 7.96. The van der Waals surface area contributed by atoms with E-state index in [4.69, 9.17) is 9.72 Å². The molecule has 0 radical (unpaired) electrons. The number of hydrogen-bond acceptors (Lipinski definition) is 6. The van der Waals surface area contributed by atoms with Gasteiger partial charge in [-0.05, 0) is 49.7 Å². The van der Waals surface area contributed by atoms with Gasteiger partial charge in [-0.25, -0.2) is 13.9 Å². The maximum absolute atomic E-state index is 14.3. The number of benzene rings is 1. The zero-order valence-electron chi connectivity index (χ0n) is 16.3. The first-order chi connectivity index (χ1) is 14.3. The highest BCUT2D eigenvalue weighted by Crippen LogP contribution is 2.29. The van der Waals surface area contributed by atoms with E-state index < -0.39 is 0 Å². The number of nitrogens with zero attached hydrogens (tertiary/aromatic N) is 4. The topological polar surface area (TPSA) is 66.7 Å². The summed E-state index contributed by atoms with van der Waals surface area (Å²) in [5, 5.41) is 11.2. The molecule has 1 fully saturated rings. The zero-order valence-corrected chi connectivity index (χ0v) is 16.3. The van der Waals surface area contributed by atoms with Gasteiger partial charge >= 0.3 is 0 Å². The fourth-order valence-corrected chi connectivity index (χ4v) is 4.23. The summed E-state index contributed by atoms with van der Waals surface area (Å²) in [4.78, 5) is 7.20. The van der Waals surface area contributed by atoms with E-state index in [0.29, 0.717) is 29.6 Å². The molecule has 2 aliphatic rings. The van der Waals surface area contributed by atoms with Crippen molar-refractivity contribution in [2.45, 2.75) is 18.9 Å². The second-order valence-corrected chi connectivity index (χ2v) is 7.61. The summed E-state index contributed by atoms with van der Waals surface area (Å²) in [6, 6.07) is 7.26. The molecule has 4 bridgehead atoms. The molecule has 4 heterocycles. The van der Waals surface area contributed by atoms with Crippen molar-refractivity contribution in [2.75, 3.05) is 44.6 Å². The smallest absolute Gasteiger partial charge is 0.165 e. The first-order valence-corrected chi connectivity index (χ1v) is 10.2. The largest absolute Gasteiger partial charge is 0.492 e. The SMILES string of the molecule is Fc1cc2cc(c1)-c1cnn3ccc(nc13)NCCN(C1CCNCC1)CCO2. The van der Waals surface area contributed by atoms with Gasteiger partial charge in [-0.3, -0.25) is 4.90 Å². The third-order valence-electron chi connectivity index (χ3n) is 5.73. The Labute approximate surface area is 168 Å². The van der Waals surface area contributed by atoms with Crippen LogP contribution in [0.5, 0.6) is 5.75 Å². The Balaban J connectivity index is 1.50. The van der Waals surface area contributed by atoms with Crippen molar-refractivity contribution in [1.82, 2.24) is 24.8 Å². The summed E-state index contributed by atoms with van der Waals surface area (Å²) in [5.74, 6) is 1.01. The Morgan fingerprint density at radius 2 is 2.00 bits per heavy atom. The summed E-state index contributed by atoms with van der Waals surface area (Å²) >= 11 is 0. The van der Waals surface area contributed by atoms with Crippen LogP contribution < -0.4 is 15.4 Å². The van der Waals surface area contributed by atoms with Crippen LogP contribution in [-0.2, 0) is 0 Å². The zero-order chi connectivity index (χ0) is 19.6. The van der Waals surface area contributed by atoms with Gasteiger partial charge in [0, 0.05) is 43.5 Å². The van der Waals surface area contributed by atoms with Crippen LogP contribution in [0.1, 0.15) is 12.8 Å². The number of hydrogen-bond donors (Lipinski definition) is 2. The van der Waals surface area contributed by atoms with Crippen molar-refractivity contribution in [3.8, 4) is 16.9 Å². The van der Waals surface area contributed by atoms with Gasteiger partial charge in [0.15, 0.2) is 5.65 Å². The minimum Gasteiger partial charge on any atom is -0.492 e. The average molecular weight is 396 g/mol. The van der Waals surface area contributed by atoms with Crippen LogP contribution in [0, 0.1) is 5.82 Å². The third kappa shape index (κ3) is 3.90. The molecule has 1 aromatic carbocycles. The van der Waals surface area contributed by atoms with E-state index in [9.17, 15) is 4.39 Å². The predicted molar refractivity (Wildman–Crippen MR) is 110 cm³/mol. The van der Waals surface area contributed by atoms with Gasteiger partial charge in [0.25, 0.3) is 0 Å². The number of halogens is 1. The van der Waals surface area contributed by atoms with Crippen molar-refractivity contribution in [2.24, 2.45) is 0 Å². The number of rotatable bonds is 1. The van der Waals surface area contributed by atoms with Crippen LogP contribution in [0.25, 0.3) is 16.8 Å². The normalized spacial score (nSPS) is 18.9. The van der Waals surface area contributed by atoms with Gasteiger partial charge < -0.3 is 15.4 Å². The molecule has 0 spiro atoms. The van der Waals surface area contributed by atoms with Gasteiger partial charge in [-0.15, -0.1) is 0 Å². The molecule has 0 aliphatic carbocycles. The quantitative estimate of drug-likeness (QED) is 0.659. The van der Waals surface area contributed by atoms with Crippen molar-refractivity contribution < 1.29 is 9.13 Å². The maximum Gasteiger partial charge on any atom is 0.165 e.